The molecule has 0 saturated carbocycles. The van der Waals surface area contributed by atoms with Crippen LogP contribution < -0.4 is 16.8 Å². The lowest BCUT2D eigenvalue weighted by atomic mass is 10.1. The van der Waals surface area contributed by atoms with Gasteiger partial charge in [-0.3, -0.25) is 4.79 Å². The number of aromatic nitrogens is 2. The lowest BCUT2D eigenvalue weighted by molar-refractivity contribution is 0.100. The van der Waals surface area contributed by atoms with Gasteiger partial charge in [0.15, 0.2) is 0 Å². The molecule has 0 spiro atoms. The zero-order chi connectivity index (χ0) is 17.4. The molecule has 2 heterocycles. The number of nitrogens with zero attached hydrogens (tertiary/aromatic N) is 2. The number of benzene rings is 1. The third kappa shape index (κ3) is 2.58. The van der Waals surface area contributed by atoms with Crippen molar-refractivity contribution in [1.82, 2.24) is 14.9 Å². The molecular weight excluding hydrogens is 310 g/mol. The summed E-state index contributed by atoms with van der Waals surface area (Å²) in [6.45, 7) is 2.13. The molecule has 2 aromatic heterocycles. The smallest absolute Gasteiger partial charge is 0.404 e. The quantitative estimate of drug-likeness (QED) is 0.576. The van der Waals surface area contributed by atoms with Gasteiger partial charge in [-0.2, -0.15) is 0 Å². The van der Waals surface area contributed by atoms with Gasteiger partial charge in [0, 0.05) is 23.4 Å². The summed E-state index contributed by atoms with van der Waals surface area (Å²) < 4.78 is 1.88. The highest BCUT2D eigenvalue weighted by atomic mass is 16.4. The Hall–Kier alpha value is -3.29. The van der Waals surface area contributed by atoms with Gasteiger partial charge >= 0.3 is 6.09 Å². The molecule has 24 heavy (non-hydrogen) atoms. The largest absolute Gasteiger partial charge is 0.465 e. The van der Waals surface area contributed by atoms with Crippen molar-refractivity contribution in [1.29, 1.82) is 0 Å². The molecule has 0 radical (unpaired) electrons. The number of hydrogen-bond acceptors (Lipinski definition) is 4. The van der Waals surface area contributed by atoms with E-state index in [2.05, 4.69) is 10.3 Å². The molecule has 8 nitrogen and oxygen atoms in total. The number of anilines is 1. The summed E-state index contributed by atoms with van der Waals surface area (Å²) in [7, 11) is 0. The maximum atomic E-state index is 11.5. The Morgan fingerprint density at radius 1 is 1.33 bits per heavy atom. The summed E-state index contributed by atoms with van der Waals surface area (Å²) in [6, 6.07) is 8.88. The summed E-state index contributed by atoms with van der Waals surface area (Å²) >= 11 is 0. The van der Waals surface area contributed by atoms with Gasteiger partial charge in [-0.15, -0.1) is 0 Å². The number of carbonyl (C=O) groups is 2. The van der Waals surface area contributed by atoms with Crippen LogP contribution in [0, 0.1) is 0 Å². The SMILES string of the molecule is C[C@@H](Cn1c2ccccc2c2cc(C(N)=O)c(N)nc21)NC(=O)O. The standard InChI is InChI=1S/C16H17N5O3/c1-8(19-16(23)24)7-21-12-5-3-2-4-9(12)10-6-11(14(18)22)13(17)20-15(10)21/h2-6,8,19H,7H2,1H3,(H2,17,20)(H2,18,22)(H,23,24)/t8-/m0/s1. The maximum absolute atomic E-state index is 11.5. The maximum Gasteiger partial charge on any atom is 0.404 e. The molecule has 0 bridgehead atoms. The fourth-order valence-corrected chi connectivity index (χ4v) is 2.88. The summed E-state index contributed by atoms with van der Waals surface area (Å²) in [5.74, 6) is -0.586. The number of fused-ring (bicyclic) bond motifs is 3. The highest BCUT2D eigenvalue weighted by Gasteiger charge is 2.18. The molecule has 2 amide bonds. The first kappa shape index (κ1) is 15.6. The number of hydrogen-bond donors (Lipinski definition) is 4. The first-order valence-electron chi connectivity index (χ1n) is 7.35. The van der Waals surface area contributed by atoms with Gasteiger partial charge in [-0.25, -0.2) is 9.78 Å². The number of carboxylic acid groups (broad SMARTS) is 1. The molecule has 1 aromatic carbocycles. The number of amides is 2. The number of primary amides is 1. The van der Waals surface area contributed by atoms with Crippen molar-refractivity contribution >= 4 is 39.8 Å². The summed E-state index contributed by atoms with van der Waals surface area (Å²) in [5.41, 5.74) is 12.8. The van der Waals surface area contributed by atoms with Crippen molar-refractivity contribution in [3.63, 3.8) is 0 Å². The van der Waals surface area contributed by atoms with Crippen LogP contribution in [0.1, 0.15) is 17.3 Å². The van der Waals surface area contributed by atoms with Crippen LogP contribution in [0.2, 0.25) is 0 Å². The lowest BCUT2D eigenvalue weighted by Gasteiger charge is -2.14. The van der Waals surface area contributed by atoms with Crippen LogP contribution in [0.15, 0.2) is 30.3 Å². The molecule has 0 fully saturated rings. The van der Waals surface area contributed by atoms with Crippen molar-refractivity contribution < 1.29 is 14.7 Å². The molecular formula is C16H17N5O3. The average molecular weight is 327 g/mol. The zero-order valence-corrected chi connectivity index (χ0v) is 13.0. The molecule has 8 heteroatoms. The number of nitrogen functional groups attached to an aromatic ring is 1. The highest BCUT2D eigenvalue weighted by Crippen LogP contribution is 2.30. The van der Waals surface area contributed by atoms with Crippen LogP contribution in [0.3, 0.4) is 0 Å². The topological polar surface area (TPSA) is 136 Å². The predicted octanol–water partition coefficient (Wildman–Crippen LogP) is 1.53. The number of rotatable bonds is 4. The van der Waals surface area contributed by atoms with Gasteiger partial charge in [-0.05, 0) is 19.1 Å². The van der Waals surface area contributed by atoms with Crippen LogP contribution in [0.5, 0.6) is 0 Å². The summed E-state index contributed by atoms with van der Waals surface area (Å²) in [4.78, 5) is 26.7. The number of nitrogens with two attached hydrogens (primary N) is 2. The molecule has 0 unspecified atom stereocenters. The van der Waals surface area contributed by atoms with Crippen molar-refractivity contribution in [2.45, 2.75) is 19.5 Å². The minimum Gasteiger partial charge on any atom is -0.465 e. The van der Waals surface area contributed by atoms with Gasteiger partial charge in [0.05, 0.1) is 11.1 Å². The van der Waals surface area contributed by atoms with Crippen LogP contribution >= 0.6 is 0 Å². The zero-order valence-electron chi connectivity index (χ0n) is 13.0. The molecule has 0 aliphatic carbocycles. The summed E-state index contributed by atoms with van der Waals surface area (Å²) in [5, 5.41) is 12.9. The van der Waals surface area contributed by atoms with E-state index in [1.54, 1.807) is 13.0 Å². The Balaban J connectivity index is 2.24. The first-order valence-corrected chi connectivity index (χ1v) is 7.35. The van der Waals surface area contributed by atoms with E-state index < -0.39 is 12.0 Å². The number of nitrogens with one attached hydrogen (secondary N) is 1. The molecule has 0 aliphatic rings. The van der Waals surface area contributed by atoms with Crippen LogP contribution in [-0.4, -0.2) is 32.7 Å². The minimum absolute atomic E-state index is 0.0536. The number of carbonyl (C=O) groups excluding carboxylic acids is 1. The number of pyridine rings is 1. The van der Waals surface area contributed by atoms with Crippen LogP contribution in [0.4, 0.5) is 10.6 Å². The second kappa shape index (κ2) is 5.73. The van der Waals surface area contributed by atoms with Gasteiger partial charge in [0.25, 0.3) is 5.91 Å². The van der Waals surface area contributed by atoms with E-state index >= 15 is 0 Å². The minimum atomic E-state index is -1.09. The third-order valence-corrected chi connectivity index (χ3v) is 3.86. The average Bonchev–Trinajstić information content (AvgIpc) is 2.79. The highest BCUT2D eigenvalue weighted by molar-refractivity contribution is 6.10. The van der Waals surface area contributed by atoms with E-state index in [-0.39, 0.29) is 17.4 Å². The van der Waals surface area contributed by atoms with Gasteiger partial charge in [0.2, 0.25) is 0 Å². The van der Waals surface area contributed by atoms with Gasteiger partial charge in [-0.1, -0.05) is 18.2 Å². The Morgan fingerprint density at radius 3 is 2.71 bits per heavy atom. The van der Waals surface area contributed by atoms with Crippen molar-refractivity contribution in [3.05, 3.63) is 35.9 Å². The molecule has 6 N–H and O–H groups in total. The third-order valence-electron chi connectivity index (χ3n) is 3.86. The Labute approximate surface area is 137 Å². The molecule has 124 valence electrons. The molecule has 0 saturated heterocycles. The van der Waals surface area contributed by atoms with Crippen LogP contribution in [0.25, 0.3) is 21.9 Å². The molecule has 1 atom stereocenters. The van der Waals surface area contributed by atoms with E-state index in [9.17, 15) is 9.59 Å². The Morgan fingerprint density at radius 2 is 2.04 bits per heavy atom. The van der Waals surface area contributed by atoms with Crippen LogP contribution in [-0.2, 0) is 6.54 Å². The normalized spacial score (nSPS) is 12.4. The van der Waals surface area contributed by atoms with E-state index in [4.69, 9.17) is 16.6 Å². The predicted molar refractivity (Wildman–Crippen MR) is 90.8 cm³/mol. The fourth-order valence-electron chi connectivity index (χ4n) is 2.88. The Kier molecular flexibility index (Phi) is 3.72. The summed E-state index contributed by atoms with van der Waals surface area (Å²) in [6.07, 6.45) is -1.09. The molecule has 3 rings (SSSR count). The van der Waals surface area contributed by atoms with E-state index in [1.807, 2.05) is 28.8 Å². The molecule has 0 aliphatic heterocycles. The number of para-hydroxylation sites is 1. The van der Waals surface area contributed by atoms with Crippen molar-refractivity contribution in [2.24, 2.45) is 5.73 Å². The fraction of sp³-hybridized carbons (Fsp3) is 0.188. The second-order valence-electron chi connectivity index (χ2n) is 5.63. The Bertz CT molecular complexity index is 963. The first-order chi connectivity index (χ1) is 11.4. The second-order valence-corrected chi connectivity index (χ2v) is 5.63. The van der Waals surface area contributed by atoms with E-state index in [0.717, 1.165) is 16.3 Å². The van der Waals surface area contributed by atoms with Crippen molar-refractivity contribution in [3.8, 4) is 0 Å². The monoisotopic (exact) mass is 327 g/mol. The van der Waals surface area contributed by atoms with E-state index in [1.165, 1.54) is 0 Å². The van der Waals surface area contributed by atoms with Crippen molar-refractivity contribution in [2.75, 3.05) is 5.73 Å². The van der Waals surface area contributed by atoms with E-state index in [0.29, 0.717) is 12.2 Å². The molecule has 3 aromatic rings. The lowest BCUT2D eigenvalue weighted by Crippen LogP contribution is -2.34. The van der Waals surface area contributed by atoms with Gasteiger partial charge < -0.3 is 26.5 Å². The van der Waals surface area contributed by atoms with Gasteiger partial charge in [0.1, 0.15) is 11.5 Å².